The second kappa shape index (κ2) is 7.70. The normalized spacial score (nSPS) is 12.5. The van der Waals surface area contributed by atoms with Crippen LogP contribution in [0.4, 0.5) is 0 Å². The van der Waals surface area contributed by atoms with E-state index in [0.717, 1.165) is 11.3 Å². The summed E-state index contributed by atoms with van der Waals surface area (Å²) in [5.74, 6) is 2.25. The molecule has 0 saturated heterocycles. The van der Waals surface area contributed by atoms with E-state index in [1.54, 1.807) is 11.8 Å². The third kappa shape index (κ3) is 5.78. The Bertz CT molecular complexity index is 378. The van der Waals surface area contributed by atoms with E-state index in [4.69, 9.17) is 11.6 Å². The summed E-state index contributed by atoms with van der Waals surface area (Å²) in [7, 11) is 0. The van der Waals surface area contributed by atoms with Crippen molar-refractivity contribution in [3.63, 3.8) is 0 Å². The first-order chi connectivity index (χ1) is 8.49. The van der Waals surface area contributed by atoms with Crippen LogP contribution in [0.1, 0.15) is 32.4 Å². The Labute approximate surface area is 118 Å². The first-order valence-corrected chi connectivity index (χ1v) is 7.65. The minimum absolute atomic E-state index is 0.0226. The summed E-state index contributed by atoms with van der Waals surface area (Å²) in [4.78, 5) is 11.7. The zero-order valence-electron chi connectivity index (χ0n) is 11.1. The molecule has 0 aliphatic rings. The van der Waals surface area contributed by atoms with Crippen molar-refractivity contribution in [2.45, 2.75) is 26.8 Å². The van der Waals surface area contributed by atoms with Crippen LogP contribution in [0.15, 0.2) is 24.3 Å². The van der Waals surface area contributed by atoms with Crippen LogP contribution in [-0.4, -0.2) is 17.4 Å². The van der Waals surface area contributed by atoms with Crippen molar-refractivity contribution in [3.8, 4) is 0 Å². The molecule has 0 spiro atoms. The molecule has 1 unspecified atom stereocenters. The maximum Gasteiger partial charge on any atom is 0.230 e. The van der Waals surface area contributed by atoms with Crippen LogP contribution < -0.4 is 5.32 Å². The van der Waals surface area contributed by atoms with Gasteiger partial charge < -0.3 is 5.32 Å². The lowest BCUT2D eigenvalue weighted by atomic mass is 10.1. The molecule has 1 aromatic rings. The predicted molar refractivity (Wildman–Crippen MR) is 80.2 cm³/mol. The Morgan fingerprint density at radius 1 is 1.28 bits per heavy atom. The maximum atomic E-state index is 11.7. The Morgan fingerprint density at radius 3 is 2.44 bits per heavy atom. The standard InChI is InChI=1S/C14H20ClNOS/c1-10(2)8-18-9-14(17)16-11(3)12-4-6-13(15)7-5-12/h4-7,10-11H,8-9H2,1-3H3,(H,16,17). The van der Waals surface area contributed by atoms with Crippen molar-refractivity contribution in [1.82, 2.24) is 5.32 Å². The molecular weight excluding hydrogens is 266 g/mol. The van der Waals surface area contributed by atoms with Crippen molar-refractivity contribution in [1.29, 1.82) is 0 Å². The molecule has 0 saturated carbocycles. The number of carbonyl (C=O) groups is 1. The van der Waals surface area contributed by atoms with Crippen molar-refractivity contribution < 1.29 is 4.79 Å². The molecular formula is C14H20ClNOS. The number of amides is 1. The first kappa shape index (κ1) is 15.4. The molecule has 0 radical (unpaired) electrons. The highest BCUT2D eigenvalue weighted by Crippen LogP contribution is 2.16. The smallest absolute Gasteiger partial charge is 0.230 e. The molecule has 1 rings (SSSR count). The number of hydrogen-bond acceptors (Lipinski definition) is 2. The molecule has 0 bridgehead atoms. The van der Waals surface area contributed by atoms with E-state index in [2.05, 4.69) is 19.2 Å². The minimum Gasteiger partial charge on any atom is -0.349 e. The lowest BCUT2D eigenvalue weighted by Crippen LogP contribution is -2.28. The molecule has 0 aromatic heterocycles. The fraction of sp³-hybridized carbons (Fsp3) is 0.500. The third-order valence-electron chi connectivity index (χ3n) is 2.43. The summed E-state index contributed by atoms with van der Waals surface area (Å²) in [5, 5.41) is 3.70. The molecule has 2 nitrogen and oxygen atoms in total. The van der Waals surface area contributed by atoms with Gasteiger partial charge in [-0.25, -0.2) is 0 Å². The van der Waals surface area contributed by atoms with Crippen LogP contribution in [0.3, 0.4) is 0 Å². The monoisotopic (exact) mass is 285 g/mol. The van der Waals surface area contributed by atoms with E-state index >= 15 is 0 Å². The van der Waals surface area contributed by atoms with Gasteiger partial charge in [0, 0.05) is 5.02 Å². The average molecular weight is 286 g/mol. The fourth-order valence-corrected chi connectivity index (χ4v) is 2.49. The Kier molecular flexibility index (Phi) is 6.58. The predicted octanol–water partition coefficient (Wildman–Crippen LogP) is 3.91. The fourth-order valence-electron chi connectivity index (χ4n) is 1.51. The molecule has 1 amide bonds. The van der Waals surface area contributed by atoms with Gasteiger partial charge in [0.05, 0.1) is 11.8 Å². The molecule has 1 aromatic carbocycles. The SMILES string of the molecule is CC(C)CSCC(=O)NC(C)c1ccc(Cl)cc1. The summed E-state index contributed by atoms with van der Waals surface area (Å²) in [6.45, 7) is 6.29. The van der Waals surface area contributed by atoms with Crippen LogP contribution in [0.2, 0.25) is 5.02 Å². The second-order valence-electron chi connectivity index (χ2n) is 4.75. The van der Waals surface area contributed by atoms with Crippen molar-refractivity contribution in [2.75, 3.05) is 11.5 Å². The van der Waals surface area contributed by atoms with Gasteiger partial charge in [0.2, 0.25) is 5.91 Å². The van der Waals surface area contributed by atoms with Gasteiger partial charge in [-0.3, -0.25) is 4.79 Å². The zero-order valence-corrected chi connectivity index (χ0v) is 12.6. The van der Waals surface area contributed by atoms with Gasteiger partial charge in [0.25, 0.3) is 0 Å². The molecule has 1 N–H and O–H groups in total. The molecule has 0 heterocycles. The average Bonchev–Trinajstić information content (AvgIpc) is 2.29. The van der Waals surface area contributed by atoms with Gasteiger partial charge in [0.15, 0.2) is 0 Å². The largest absolute Gasteiger partial charge is 0.349 e. The highest BCUT2D eigenvalue weighted by molar-refractivity contribution is 7.99. The molecule has 0 aliphatic carbocycles. The second-order valence-corrected chi connectivity index (χ2v) is 6.22. The van der Waals surface area contributed by atoms with Gasteiger partial charge in [-0.1, -0.05) is 37.6 Å². The van der Waals surface area contributed by atoms with E-state index in [1.807, 2.05) is 31.2 Å². The summed E-state index contributed by atoms with van der Waals surface area (Å²) in [6.07, 6.45) is 0. The highest BCUT2D eigenvalue weighted by atomic mass is 35.5. The van der Waals surface area contributed by atoms with Crippen LogP contribution in [0.5, 0.6) is 0 Å². The van der Waals surface area contributed by atoms with E-state index in [9.17, 15) is 4.79 Å². The molecule has 1 atom stereocenters. The topological polar surface area (TPSA) is 29.1 Å². The summed E-state index contributed by atoms with van der Waals surface area (Å²) in [5.41, 5.74) is 1.07. The minimum atomic E-state index is 0.0226. The van der Waals surface area contributed by atoms with Crippen LogP contribution in [-0.2, 0) is 4.79 Å². The quantitative estimate of drug-likeness (QED) is 0.859. The van der Waals surface area contributed by atoms with Gasteiger partial charge in [-0.2, -0.15) is 11.8 Å². The van der Waals surface area contributed by atoms with Gasteiger partial charge in [-0.05, 0) is 36.3 Å². The van der Waals surface area contributed by atoms with Crippen LogP contribution in [0.25, 0.3) is 0 Å². The number of hydrogen-bond donors (Lipinski definition) is 1. The zero-order chi connectivity index (χ0) is 13.5. The number of carbonyl (C=O) groups excluding carboxylic acids is 1. The van der Waals surface area contributed by atoms with E-state index in [0.29, 0.717) is 16.7 Å². The van der Waals surface area contributed by atoms with Crippen molar-refractivity contribution >= 4 is 29.3 Å². The van der Waals surface area contributed by atoms with E-state index < -0.39 is 0 Å². The molecule has 4 heteroatoms. The van der Waals surface area contributed by atoms with Gasteiger partial charge in [0.1, 0.15) is 0 Å². The summed E-state index contributed by atoms with van der Waals surface area (Å²) in [6, 6.07) is 7.58. The number of thioether (sulfide) groups is 1. The first-order valence-electron chi connectivity index (χ1n) is 6.11. The third-order valence-corrected chi connectivity index (χ3v) is 4.05. The lowest BCUT2D eigenvalue weighted by molar-refractivity contribution is -0.119. The molecule has 18 heavy (non-hydrogen) atoms. The number of halogens is 1. The van der Waals surface area contributed by atoms with Crippen LogP contribution >= 0.6 is 23.4 Å². The molecule has 0 aliphatic heterocycles. The highest BCUT2D eigenvalue weighted by Gasteiger charge is 2.09. The number of nitrogens with one attached hydrogen (secondary N) is 1. The lowest BCUT2D eigenvalue weighted by Gasteiger charge is -2.14. The van der Waals surface area contributed by atoms with Gasteiger partial charge >= 0.3 is 0 Å². The Balaban J connectivity index is 2.37. The number of rotatable bonds is 6. The Hall–Kier alpha value is -0.670. The van der Waals surface area contributed by atoms with Crippen molar-refractivity contribution in [2.24, 2.45) is 5.92 Å². The Morgan fingerprint density at radius 2 is 1.89 bits per heavy atom. The van der Waals surface area contributed by atoms with E-state index in [1.165, 1.54) is 0 Å². The van der Waals surface area contributed by atoms with E-state index in [-0.39, 0.29) is 11.9 Å². The number of benzene rings is 1. The maximum absolute atomic E-state index is 11.7. The van der Waals surface area contributed by atoms with Crippen molar-refractivity contribution in [3.05, 3.63) is 34.9 Å². The molecule has 100 valence electrons. The van der Waals surface area contributed by atoms with Gasteiger partial charge in [-0.15, -0.1) is 0 Å². The summed E-state index contributed by atoms with van der Waals surface area (Å²) >= 11 is 7.51. The van der Waals surface area contributed by atoms with Crippen LogP contribution in [0, 0.1) is 5.92 Å². The molecule has 0 fully saturated rings. The summed E-state index contributed by atoms with van der Waals surface area (Å²) < 4.78 is 0.